The molecular formula is C13H12O2S. The lowest BCUT2D eigenvalue weighted by molar-refractivity contribution is -0.107. The average molecular weight is 232 g/mol. The maximum absolute atomic E-state index is 12.0. The first-order valence-corrected chi connectivity index (χ1v) is 5.94. The summed E-state index contributed by atoms with van der Waals surface area (Å²) in [5.74, 6) is -0.264. The molecule has 0 saturated heterocycles. The van der Waals surface area contributed by atoms with Gasteiger partial charge in [0.15, 0.2) is 5.78 Å². The number of Topliss-reactive ketones (excluding diaryl/α,β-unsaturated/α-hetero) is 1. The van der Waals surface area contributed by atoms with Crippen LogP contribution in [0.25, 0.3) is 0 Å². The van der Waals surface area contributed by atoms with E-state index in [-0.39, 0.29) is 16.5 Å². The van der Waals surface area contributed by atoms with Crippen LogP contribution >= 0.6 is 11.8 Å². The molecule has 0 N–H and O–H groups in total. The van der Waals surface area contributed by atoms with Gasteiger partial charge in [0.2, 0.25) is 5.12 Å². The van der Waals surface area contributed by atoms with E-state index >= 15 is 0 Å². The highest BCUT2D eigenvalue weighted by Gasteiger charge is 2.17. The minimum absolute atomic E-state index is 0.161. The van der Waals surface area contributed by atoms with Crippen LogP contribution in [0.4, 0.5) is 0 Å². The van der Waals surface area contributed by atoms with Gasteiger partial charge in [-0.05, 0) is 12.3 Å². The molecule has 0 amide bonds. The van der Waals surface area contributed by atoms with E-state index in [1.807, 2.05) is 6.07 Å². The second-order valence-corrected chi connectivity index (χ2v) is 3.78. The molecule has 0 heterocycles. The van der Waals surface area contributed by atoms with E-state index in [0.717, 1.165) is 11.8 Å². The van der Waals surface area contributed by atoms with E-state index in [1.54, 1.807) is 30.5 Å². The Kier molecular flexibility index (Phi) is 4.73. The van der Waals surface area contributed by atoms with Gasteiger partial charge in [-0.25, -0.2) is 0 Å². The molecule has 0 atom stereocenters. The minimum atomic E-state index is -0.264. The van der Waals surface area contributed by atoms with Crippen LogP contribution in [0.3, 0.4) is 0 Å². The molecule has 0 aliphatic heterocycles. The van der Waals surface area contributed by atoms with E-state index in [1.165, 1.54) is 12.2 Å². The number of carbonyl (C=O) groups excluding carboxylic acids is 2. The Morgan fingerprint density at radius 1 is 1.25 bits per heavy atom. The van der Waals surface area contributed by atoms with Crippen molar-refractivity contribution in [3.05, 3.63) is 60.2 Å². The van der Waals surface area contributed by atoms with Crippen LogP contribution < -0.4 is 0 Å². The zero-order valence-corrected chi connectivity index (χ0v) is 9.79. The van der Waals surface area contributed by atoms with E-state index in [0.29, 0.717) is 5.56 Å². The highest BCUT2D eigenvalue weighted by Crippen LogP contribution is 2.14. The molecule has 82 valence electrons. The number of thioether (sulfide) groups is 1. The third-order valence-corrected chi connectivity index (χ3v) is 2.56. The Morgan fingerprint density at radius 2 is 1.88 bits per heavy atom. The largest absolute Gasteiger partial charge is 0.288 e. The van der Waals surface area contributed by atoms with Crippen LogP contribution in [0.1, 0.15) is 10.4 Å². The third kappa shape index (κ3) is 2.94. The normalized spacial score (nSPS) is 10.9. The van der Waals surface area contributed by atoms with Crippen LogP contribution in [0, 0.1) is 0 Å². The first-order valence-electron chi connectivity index (χ1n) is 4.71. The van der Waals surface area contributed by atoms with Crippen LogP contribution in [-0.2, 0) is 4.79 Å². The van der Waals surface area contributed by atoms with Crippen molar-refractivity contribution in [2.75, 3.05) is 6.26 Å². The van der Waals surface area contributed by atoms with Gasteiger partial charge in [-0.1, -0.05) is 54.7 Å². The van der Waals surface area contributed by atoms with Gasteiger partial charge < -0.3 is 0 Å². The highest BCUT2D eigenvalue weighted by atomic mass is 32.2. The van der Waals surface area contributed by atoms with Crippen molar-refractivity contribution in [3.8, 4) is 0 Å². The molecule has 0 aromatic heterocycles. The Labute approximate surface area is 99.1 Å². The molecule has 1 rings (SSSR count). The van der Waals surface area contributed by atoms with Gasteiger partial charge in [0.1, 0.15) is 0 Å². The summed E-state index contributed by atoms with van der Waals surface area (Å²) in [6.07, 6.45) is 4.55. The van der Waals surface area contributed by atoms with Gasteiger partial charge in [-0.3, -0.25) is 9.59 Å². The zero-order chi connectivity index (χ0) is 12.0. The molecule has 0 spiro atoms. The maximum atomic E-state index is 12.0. The van der Waals surface area contributed by atoms with Gasteiger partial charge in [0.25, 0.3) is 0 Å². The quantitative estimate of drug-likeness (QED) is 0.263. The summed E-state index contributed by atoms with van der Waals surface area (Å²) < 4.78 is 0. The van der Waals surface area contributed by atoms with Crippen molar-refractivity contribution >= 4 is 22.7 Å². The van der Waals surface area contributed by atoms with Gasteiger partial charge in [0, 0.05) is 5.56 Å². The van der Waals surface area contributed by atoms with Crippen molar-refractivity contribution < 1.29 is 9.59 Å². The van der Waals surface area contributed by atoms with E-state index < -0.39 is 0 Å². The Balaban J connectivity index is 3.07. The minimum Gasteiger partial charge on any atom is -0.288 e. The second-order valence-electron chi connectivity index (χ2n) is 3.00. The predicted octanol–water partition coefficient (Wildman–Crippen LogP) is 2.87. The standard InChI is InChI=1S/C13H12O2S/c1-3-7-11(13(15)16-2)12(14)10-8-5-4-6-9-10/h3-9H,1H2,2H3/b11-7-. The van der Waals surface area contributed by atoms with Crippen LogP contribution in [-0.4, -0.2) is 17.2 Å². The number of rotatable bonds is 4. The summed E-state index contributed by atoms with van der Waals surface area (Å²) in [7, 11) is 0. The lowest BCUT2D eigenvalue weighted by Gasteiger charge is -2.02. The first kappa shape index (κ1) is 12.5. The van der Waals surface area contributed by atoms with Crippen LogP contribution in [0.15, 0.2) is 54.6 Å². The number of benzene rings is 1. The van der Waals surface area contributed by atoms with Crippen LogP contribution in [0.5, 0.6) is 0 Å². The molecule has 16 heavy (non-hydrogen) atoms. The van der Waals surface area contributed by atoms with Gasteiger partial charge in [-0.2, -0.15) is 0 Å². The molecule has 0 aliphatic rings. The summed E-state index contributed by atoms with van der Waals surface area (Å²) in [5.41, 5.74) is 0.673. The van der Waals surface area contributed by atoms with Gasteiger partial charge >= 0.3 is 0 Å². The van der Waals surface area contributed by atoms with Crippen molar-refractivity contribution in [3.63, 3.8) is 0 Å². The zero-order valence-electron chi connectivity index (χ0n) is 8.97. The molecule has 0 aliphatic carbocycles. The van der Waals surface area contributed by atoms with Crippen molar-refractivity contribution in [2.24, 2.45) is 0 Å². The molecular weight excluding hydrogens is 220 g/mol. The van der Waals surface area contributed by atoms with E-state index in [2.05, 4.69) is 6.58 Å². The molecule has 0 radical (unpaired) electrons. The van der Waals surface area contributed by atoms with Gasteiger partial charge in [0.05, 0.1) is 5.57 Å². The fraction of sp³-hybridized carbons (Fsp3) is 0.0769. The van der Waals surface area contributed by atoms with Crippen LogP contribution in [0.2, 0.25) is 0 Å². The number of ketones is 1. The molecule has 0 bridgehead atoms. The summed E-state index contributed by atoms with van der Waals surface area (Å²) >= 11 is 1.02. The number of carbonyl (C=O) groups is 2. The van der Waals surface area contributed by atoms with E-state index in [4.69, 9.17) is 0 Å². The number of allylic oxidation sites excluding steroid dienone is 2. The molecule has 3 heteroatoms. The molecule has 0 fully saturated rings. The third-order valence-electron chi connectivity index (χ3n) is 1.97. The predicted molar refractivity (Wildman–Crippen MR) is 67.6 cm³/mol. The Morgan fingerprint density at radius 3 is 2.38 bits per heavy atom. The van der Waals surface area contributed by atoms with Crippen molar-refractivity contribution in [2.45, 2.75) is 0 Å². The monoisotopic (exact) mass is 232 g/mol. The fourth-order valence-corrected chi connectivity index (χ4v) is 1.59. The first-order chi connectivity index (χ1) is 7.70. The SMILES string of the molecule is C=C/C=C(\C(=O)SC)C(=O)c1ccccc1. The second kappa shape index (κ2) is 6.08. The molecule has 2 nitrogen and oxygen atoms in total. The fourth-order valence-electron chi connectivity index (χ4n) is 1.21. The van der Waals surface area contributed by atoms with E-state index in [9.17, 15) is 9.59 Å². The molecule has 1 aromatic rings. The van der Waals surface area contributed by atoms with Gasteiger partial charge in [-0.15, -0.1) is 0 Å². The summed E-state index contributed by atoms with van der Waals surface area (Å²) in [6.45, 7) is 3.50. The summed E-state index contributed by atoms with van der Waals surface area (Å²) in [5, 5.41) is -0.242. The average Bonchev–Trinajstić information content (AvgIpc) is 2.35. The number of hydrogen-bond donors (Lipinski definition) is 0. The molecule has 0 saturated carbocycles. The lowest BCUT2D eigenvalue weighted by atomic mass is 10.0. The lowest BCUT2D eigenvalue weighted by Crippen LogP contribution is -2.10. The Bertz CT molecular complexity index is 433. The molecule has 0 unspecified atom stereocenters. The topological polar surface area (TPSA) is 34.1 Å². The Hall–Kier alpha value is -1.61. The number of hydrogen-bond acceptors (Lipinski definition) is 3. The maximum Gasteiger partial charge on any atom is 0.223 e. The highest BCUT2D eigenvalue weighted by molar-refractivity contribution is 8.13. The smallest absolute Gasteiger partial charge is 0.223 e. The van der Waals surface area contributed by atoms with Crippen molar-refractivity contribution in [1.29, 1.82) is 0 Å². The molecule has 1 aromatic carbocycles. The van der Waals surface area contributed by atoms with Crippen molar-refractivity contribution in [1.82, 2.24) is 0 Å². The summed E-state index contributed by atoms with van der Waals surface area (Å²) in [4.78, 5) is 23.5. The summed E-state index contributed by atoms with van der Waals surface area (Å²) in [6, 6.07) is 8.73.